The van der Waals surface area contributed by atoms with E-state index in [1.54, 1.807) is 18.3 Å². The van der Waals surface area contributed by atoms with Crippen LogP contribution in [0.2, 0.25) is 5.02 Å². The molecule has 2 aliphatic rings. The molecule has 0 saturated carbocycles. The van der Waals surface area contributed by atoms with E-state index in [9.17, 15) is 14.3 Å². The van der Waals surface area contributed by atoms with Crippen molar-refractivity contribution in [1.82, 2.24) is 20.0 Å². The summed E-state index contributed by atoms with van der Waals surface area (Å²) in [6, 6.07) is 10.1. The van der Waals surface area contributed by atoms with Crippen LogP contribution in [0.1, 0.15) is 31.4 Å². The highest BCUT2D eigenvalue weighted by Gasteiger charge is 2.35. The maximum atomic E-state index is 14.6. The number of hydrogen-bond acceptors (Lipinski definition) is 5. The first-order chi connectivity index (χ1) is 16.5. The lowest BCUT2D eigenvalue weighted by Gasteiger charge is -2.42. The summed E-state index contributed by atoms with van der Waals surface area (Å²) in [6.07, 6.45) is 3.64. The van der Waals surface area contributed by atoms with Crippen molar-refractivity contribution in [2.24, 2.45) is 0 Å². The van der Waals surface area contributed by atoms with Gasteiger partial charge in [0, 0.05) is 41.3 Å². The van der Waals surface area contributed by atoms with Crippen molar-refractivity contribution in [2.75, 3.05) is 37.7 Å². The van der Waals surface area contributed by atoms with Gasteiger partial charge in [-0.1, -0.05) is 17.7 Å². The Morgan fingerprint density at radius 3 is 2.88 bits per heavy atom. The van der Waals surface area contributed by atoms with Gasteiger partial charge in [0.2, 0.25) is 5.91 Å². The van der Waals surface area contributed by atoms with Crippen LogP contribution in [0.5, 0.6) is 0 Å². The number of piperazine rings is 1. The average Bonchev–Trinajstić information content (AvgIpc) is 3.53. The Labute approximate surface area is 203 Å². The van der Waals surface area contributed by atoms with E-state index in [-0.39, 0.29) is 36.5 Å². The van der Waals surface area contributed by atoms with E-state index in [0.29, 0.717) is 30.2 Å². The van der Waals surface area contributed by atoms with E-state index in [1.165, 1.54) is 6.07 Å². The predicted molar refractivity (Wildman–Crippen MR) is 131 cm³/mol. The third kappa shape index (κ3) is 4.26. The largest absolute Gasteiger partial charge is 0.394 e. The van der Waals surface area contributed by atoms with Crippen LogP contribution < -0.4 is 10.2 Å². The molecule has 2 aliphatic heterocycles. The van der Waals surface area contributed by atoms with Crippen LogP contribution in [0.3, 0.4) is 0 Å². The zero-order chi connectivity index (χ0) is 23.8. The van der Waals surface area contributed by atoms with Gasteiger partial charge in [-0.2, -0.15) is 5.10 Å². The standard InChI is InChI=1S/C25H29ClFN5O2/c1-16(21-7-5-18(26)11-22(21)27)32-24-12-19(6-4-17(24)13-29-32)30-9-10-31(20(14-30)15-33)25(34)23-3-2-8-28-23/h4-7,11-13,16,20,23,28,33H,2-3,8-10,14-15H2,1H3/t16-,20+,23-/m1/s1. The molecule has 0 aliphatic carbocycles. The van der Waals surface area contributed by atoms with Gasteiger partial charge in [-0.25, -0.2) is 4.39 Å². The third-order valence-corrected chi connectivity index (χ3v) is 7.30. The smallest absolute Gasteiger partial charge is 0.240 e. The molecule has 0 bridgehead atoms. The van der Waals surface area contributed by atoms with Gasteiger partial charge < -0.3 is 20.2 Å². The van der Waals surface area contributed by atoms with Gasteiger partial charge in [0.25, 0.3) is 0 Å². The third-order valence-electron chi connectivity index (χ3n) is 7.06. The van der Waals surface area contributed by atoms with Crippen LogP contribution in [0.15, 0.2) is 42.6 Å². The number of aromatic nitrogens is 2. The summed E-state index contributed by atoms with van der Waals surface area (Å²) in [7, 11) is 0. The molecule has 3 aromatic rings. The van der Waals surface area contributed by atoms with Crippen molar-refractivity contribution < 1.29 is 14.3 Å². The molecular weight excluding hydrogens is 457 g/mol. The molecule has 1 aromatic heterocycles. The highest BCUT2D eigenvalue weighted by Crippen LogP contribution is 2.30. The van der Waals surface area contributed by atoms with Gasteiger partial charge in [-0.15, -0.1) is 0 Å². The molecule has 3 atom stereocenters. The Balaban J connectivity index is 1.39. The molecule has 2 saturated heterocycles. The summed E-state index contributed by atoms with van der Waals surface area (Å²) < 4.78 is 16.4. The SMILES string of the molecule is C[C@H](c1ccc(Cl)cc1F)n1ncc2ccc(N3CCN(C(=O)[C@H]4CCCN4)[C@H](CO)C3)cc21. The minimum atomic E-state index is -0.358. The van der Waals surface area contributed by atoms with Crippen LogP contribution in [0, 0.1) is 5.82 Å². The number of nitrogens with one attached hydrogen (secondary N) is 1. The first kappa shape index (κ1) is 23.1. The van der Waals surface area contributed by atoms with Crippen LogP contribution >= 0.6 is 11.6 Å². The molecule has 9 heteroatoms. The Bertz CT molecular complexity index is 1200. The molecule has 3 heterocycles. The van der Waals surface area contributed by atoms with Gasteiger partial charge in [0.1, 0.15) is 5.82 Å². The fourth-order valence-electron chi connectivity index (χ4n) is 5.14. The van der Waals surface area contributed by atoms with Crippen LogP contribution in [-0.4, -0.2) is 70.6 Å². The second-order valence-corrected chi connectivity index (χ2v) is 9.57. The number of benzene rings is 2. The molecule has 0 spiro atoms. The summed E-state index contributed by atoms with van der Waals surface area (Å²) in [4.78, 5) is 17.0. The van der Waals surface area contributed by atoms with E-state index in [0.717, 1.165) is 36.0 Å². The number of hydrogen-bond donors (Lipinski definition) is 2. The van der Waals surface area contributed by atoms with E-state index in [2.05, 4.69) is 21.4 Å². The summed E-state index contributed by atoms with van der Waals surface area (Å²) in [5.74, 6) is -0.272. The molecule has 2 N–H and O–H groups in total. The highest BCUT2D eigenvalue weighted by molar-refractivity contribution is 6.30. The monoisotopic (exact) mass is 485 g/mol. The molecule has 1 amide bonds. The van der Waals surface area contributed by atoms with Crippen molar-refractivity contribution in [3.05, 3.63) is 59.0 Å². The second-order valence-electron chi connectivity index (χ2n) is 9.14. The zero-order valence-corrected chi connectivity index (χ0v) is 19.9. The molecule has 5 rings (SSSR count). The lowest BCUT2D eigenvalue weighted by Crippen LogP contribution is -2.59. The number of rotatable bonds is 5. The van der Waals surface area contributed by atoms with Crippen molar-refractivity contribution in [2.45, 2.75) is 37.9 Å². The predicted octanol–water partition coefficient (Wildman–Crippen LogP) is 3.20. The first-order valence-corrected chi connectivity index (χ1v) is 12.2. The van der Waals surface area contributed by atoms with Gasteiger partial charge >= 0.3 is 0 Å². The number of halogens is 2. The van der Waals surface area contributed by atoms with Crippen LogP contribution in [0.25, 0.3) is 10.9 Å². The number of aliphatic hydroxyl groups excluding tert-OH is 1. The molecule has 7 nitrogen and oxygen atoms in total. The fraction of sp³-hybridized carbons (Fsp3) is 0.440. The lowest BCUT2D eigenvalue weighted by atomic mass is 10.1. The van der Waals surface area contributed by atoms with E-state index >= 15 is 0 Å². The Hall–Kier alpha value is -2.68. The number of carbonyl (C=O) groups excluding carboxylic acids is 1. The number of anilines is 1. The van der Waals surface area contributed by atoms with Gasteiger partial charge in [-0.3, -0.25) is 9.48 Å². The van der Waals surface area contributed by atoms with Gasteiger partial charge in [-0.05, 0) is 56.6 Å². The molecular formula is C25H29ClFN5O2. The Kier molecular flexibility index (Phi) is 6.46. The van der Waals surface area contributed by atoms with Crippen molar-refractivity contribution >= 4 is 34.1 Å². The minimum Gasteiger partial charge on any atom is -0.394 e. The van der Waals surface area contributed by atoms with E-state index in [1.807, 2.05) is 28.6 Å². The molecule has 0 radical (unpaired) electrons. The molecule has 2 fully saturated rings. The van der Waals surface area contributed by atoms with E-state index in [4.69, 9.17) is 11.6 Å². The zero-order valence-electron chi connectivity index (χ0n) is 19.1. The number of aliphatic hydroxyl groups is 1. The maximum absolute atomic E-state index is 14.6. The highest BCUT2D eigenvalue weighted by atomic mass is 35.5. The lowest BCUT2D eigenvalue weighted by molar-refractivity contribution is -0.136. The van der Waals surface area contributed by atoms with Crippen LogP contribution in [0.4, 0.5) is 10.1 Å². The molecule has 0 unspecified atom stereocenters. The van der Waals surface area contributed by atoms with Crippen molar-refractivity contribution in [3.8, 4) is 0 Å². The topological polar surface area (TPSA) is 73.6 Å². The number of nitrogens with zero attached hydrogens (tertiary/aromatic N) is 4. The van der Waals surface area contributed by atoms with Gasteiger partial charge in [0.15, 0.2) is 0 Å². The Morgan fingerprint density at radius 2 is 2.15 bits per heavy atom. The van der Waals surface area contributed by atoms with E-state index < -0.39 is 0 Å². The normalized spacial score (nSPS) is 21.9. The van der Waals surface area contributed by atoms with Crippen molar-refractivity contribution in [3.63, 3.8) is 0 Å². The number of carbonyl (C=O) groups is 1. The maximum Gasteiger partial charge on any atom is 0.240 e. The minimum absolute atomic E-state index is 0.0813. The summed E-state index contributed by atoms with van der Waals surface area (Å²) in [5.41, 5.74) is 2.41. The fourth-order valence-corrected chi connectivity index (χ4v) is 5.29. The first-order valence-electron chi connectivity index (χ1n) is 11.8. The quantitative estimate of drug-likeness (QED) is 0.580. The summed E-state index contributed by atoms with van der Waals surface area (Å²) >= 11 is 5.92. The number of amides is 1. The number of fused-ring (bicyclic) bond motifs is 1. The molecule has 2 aromatic carbocycles. The van der Waals surface area contributed by atoms with Crippen molar-refractivity contribution in [1.29, 1.82) is 0 Å². The summed E-state index contributed by atoms with van der Waals surface area (Å²) in [6.45, 7) is 4.49. The van der Waals surface area contributed by atoms with Crippen LogP contribution in [-0.2, 0) is 4.79 Å². The second kappa shape index (κ2) is 9.52. The molecule has 34 heavy (non-hydrogen) atoms. The average molecular weight is 486 g/mol. The molecule has 180 valence electrons. The Morgan fingerprint density at radius 1 is 1.29 bits per heavy atom. The van der Waals surface area contributed by atoms with Gasteiger partial charge in [0.05, 0.1) is 36.4 Å². The summed E-state index contributed by atoms with van der Waals surface area (Å²) in [5, 5.41) is 19.2.